The van der Waals surface area contributed by atoms with Gasteiger partial charge in [-0.25, -0.2) is 0 Å². The molecule has 0 aromatic rings. The van der Waals surface area contributed by atoms with Crippen molar-refractivity contribution in [2.24, 2.45) is 5.92 Å². The molecule has 0 saturated heterocycles. The Bertz CT molecular complexity index is 69.3. The summed E-state index contributed by atoms with van der Waals surface area (Å²) in [6, 6.07) is 0. The summed E-state index contributed by atoms with van der Waals surface area (Å²) in [5.41, 5.74) is 0. The van der Waals surface area contributed by atoms with Crippen LogP contribution in [0.4, 0.5) is 0 Å². The first-order valence-electron chi connectivity index (χ1n) is 3.57. The quantitative estimate of drug-likeness (QED) is 0.578. The summed E-state index contributed by atoms with van der Waals surface area (Å²) in [5.74, 6) is 2.29. The molecule has 0 aromatic heterocycles. The molecule has 0 aliphatic heterocycles. The highest BCUT2D eigenvalue weighted by molar-refractivity contribution is 8.00. The monoisotopic (exact) mass is 164 g/mol. The van der Waals surface area contributed by atoms with Crippen molar-refractivity contribution < 1.29 is 0 Å². The Morgan fingerprint density at radius 3 is 2.56 bits per heavy atom. The normalized spacial score (nSPS) is 21.0. The maximum atomic E-state index is 5.54. The van der Waals surface area contributed by atoms with E-state index in [1.165, 1.54) is 31.4 Å². The van der Waals surface area contributed by atoms with Gasteiger partial charge in [-0.15, -0.1) is 23.4 Å². The van der Waals surface area contributed by atoms with Gasteiger partial charge in [0.05, 0.1) is 5.21 Å². The summed E-state index contributed by atoms with van der Waals surface area (Å²) in [7, 11) is 0. The minimum Gasteiger partial charge on any atom is -0.145 e. The fourth-order valence-electron chi connectivity index (χ4n) is 1.39. The second-order valence-electron chi connectivity index (χ2n) is 2.63. The van der Waals surface area contributed by atoms with Crippen molar-refractivity contribution in [3.8, 4) is 0 Å². The van der Waals surface area contributed by atoms with Gasteiger partial charge in [0.25, 0.3) is 0 Å². The predicted molar refractivity (Wildman–Crippen MR) is 45.1 cm³/mol. The Kier molecular flexibility index (Phi) is 3.83. The van der Waals surface area contributed by atoms with E-state index >= 15 is 0 Å². The van der Waals surface area contributed by atoms with E-state index in [1.54, 1.807) is 0 Å². The van der Waals surface area contributed by atoms with E-state index < -0.39 is 0 Å². The lowest BCUT2D eigenvalue weighted by molar-refractivity contribution is 0.623. The summed E-state index contributed by atoms with van der Waals surface area (Å²) < 4.78 is 0. The lowest BCUT2D eigenvalue weighted by Crippen LogP contribution is -1.95. The van der Waals surface area contributed by atoms with E-state index in [0.717, 1.165) is 11.1 Å². The molecule has 0 amide bonds. The average Bonchev–Trinajstić information content (AvgIpc) is 2.34. The van der Waals surface area contributed by atoms with Crippen LogP contribution >= 0.6 is 23.4 Å². The SMILES string of the molecule is ClCSCC1CCCC1. The molecule has 0 atom stereocenters. The second-order valence-corrected chi connectivity index (χ2v) is 4.24. The molecule has 1 saturated carbocycles. The van der Waals surface area contributed by atoms with Crippen LogP contribution in [0.5, 0.6) is 0 Å². The molecule has 1 fully saturated rings. The van der Waals surface area contributed by atoms with Crippen molar-refractivity contribution in [1.29, 1.82) is 0 Å². The van der Waals surface area contributed by atoms with Gasteiger partial charge >= 0.3 is 0 Å². The summed E-state index contributed by atoms with van der Waals surface area (Å²) in [5, 5.41) is 0.774. The van der Waals surface area contributed by atoms with Gasteiger partial charge in [0.15, 0.2) is 0 Å². The fourth-order valence-corrected chi connectivity index (χ4v) is 2.41. The average molecular weight is 165 g/mol. The number of hydrogen-bond acceptors (Lipinski definition) is 1. The van der Waals surface area contributed by atoms with Crippen LogP contribution in [0.1, 0.15) is 25.7 Å². The predicted octanol–water partition coefficient (Wildman–Crippen LogP) is 3.11. The Hall–Kier alpha value is 0.640. The molecule has 1 aliphatic carbocycles. The van der Waals surface area contributed by atoms with Crippen molar-refractivity contribution in [2.45, 2.75) is 25.7 Å². The molecule has 1 rings (SSSR count). The molecule has 0 nitrogen and oxygen atoms in total. The van der Waals surface area contributed by atoms with Crippen LogP contribution in [-0.4, -0.2) is 11.0 Å². The Balaban J connectivity index is 1.98. The minimum absolute atomic E-state index is 0.774. The van der Waals surface area contributed by atoms with E-state index in [4.69, 9.17) is 11.6 Å². The van der Waals surface area contributed by atoms with E-state index in [-0.39, 0.29) is 0 Å². The number of alkyl halides is 1. The lowest BCUT2D eigenvalue weighted by Gasteiger charge is -2.04. The topological polar surface area (TPSA) is 0 Å². The smallest absolute Gasteiger partial charge is 0.0680 e. The second kappa shape index (κ2) is 4.45. The third-order valence-electron chi connectivity index (χ3n) is 1.91. The van der Waals surface area contributed by atoms with Crippen LogP contribution in [-0.2, 0) is 0 Å². The van der Waals surface area contributed by atoms with E-state index in [1.807, 2.05) is 11.8 Å². The van der Waals surface area contributed by atoms with Crippen molar-refractivity contribution in [3.05, 3.63) is 0 Å². The molecule has 9 heavy (non-hydrogen) atoms. The van der Waals surface area contributed by atoms with Crippen LogP contribution < -0.4 is 0 Å². The van der Waals surface area contributed by atoms with Gasteiger partial charge in [-0.2, -0.15) is 0 Å². The molecular weight excluding hydrogens is 152 g/mol. The van der Waals surface area contributed by atoms with Crippen LogP contribution in [0.25, 0.3) is 0 Å². The summed E-state index contributed by atoms with van der Waals surface area (Å²) in [4.78, 5) is 0. The minimum atomic E-state index is 0.774. The van der Waals surface area contributed by atoms with Crippen molar-refractivity contribution in [1.82, 2.24) is 0 Å². The van der Waals surface area contributed by atoms with Crippen molar-refractivity contribution in [3.63, 3.8) is 0 Å². The molecule has 0 N–H and O–H groups in total. The van der Waals surface area contributed by atoms with E-state index in [9.17, 15) is 0 Å². The number of thioether (sulfide) groups is 1. The molecule has 2 heteroatoms. The zero-order valence-electron chi connectivity index (χ0n) is 5.61. The molecule has 0 radical (unpaired) electrons. The molecule has 0 spiro atoms. The van der Waals surface area contributed by atoms with Crippen molar-refractivity contribution in [2.75, 3.05) is 11.0 Å². The largest absolute Gasteiger partial charge is 0.145 e. The maximum Gasteiger partial charge on any atom is 0.0680 e. The number of hydrogen-bond donors (Lipinski definition) is 0. The van der Waals surface area contributed by atoms with Gasteiger partial charge in [0.2, 0.25) is 0 Å². The summed E-state index contributed by atoms with van der Waals surface area (Å²) in [6.45, 7) is 0. The molecule has 1 aliphatic rings. The third-order valence-corrected chi connectivity index (χ3v) is 3.23. The van der Waals surface area contributed by atoms with Gasteiger partial charge in [0.1, 0.15) is 0 Å². The van der Waals surface area contributed by atoms with Gasteiger partial charge < -0.3 is 0 Å². The Labute approximate surface area is 66.3 Å². The lowest BCUT2D eigenvalue weighted by atomic mass is 10.1. The van der Waals surface area contributed by atoms with E-state index in [2.05, 4.69) is 0 Å². The number of rotatable bonds is 3. The van der Waals surface area contributed by atoms with Gasteiger partial charge in [0, 0.05) is 0 Å². The Morgan fingerprint density at radius 2 is 2.00 bits per heavy atom. The van der Waals surface area contributed by atoms with Gasteiger partial charge in [-0.3, -0.25) is 0 Å². The third kappa shape index (κ3) is 2.81. The Morgan fingerprint density at radius 1 is 1.33 bits per heavy atom. The molecule has 54 valence electrons. The standard InChI is InChI=1S/C7H13ClS/c8-6-9-5-7-3-1-2-4-7/h7H,1-6H2. The summed E-state index contributed by atoms with van der Waals surface area (Å²) in [6.07, 6.45) is 5.80. The first kappa shape index (κ1) is 7.74. The molecule has 0 unspecified atom stereocenters. The highest BCUT2D eigenvalue weighted by Gasteiger charge is 2.13. The summed E-state index contributed by atoms with van der Waals surface area (Å²) >= 11 is 7.41. The maximum absolute atomic E-state index is 5.54. The van der Waals surface area contributed by atoms with Crippen molar-refractivity contribution >= 4 is 23.4 Å². The van der Waals surface area contributed by atoms with Crippen LogP contribution in [0.15, 0.2) is 0 Å². The molecular formula is C7H13ClS. The molecule has 0 bridgehead atoms. The van der Waals surface area contributed by atoms with Crippen LogP contribution in [0.3, 0.4) is 0 Å². The fraction of sp³-hybridized carbons (Fsp3) is 1.00. The molecule has 0 aromatic carbocycles. The van der Waals surface area contributed by atoms with Crippen LogP contribution in [0.2, 0.25) is 0 Å². The first-order chi connectivity index (χ1) is 4.43. The zero-order valence-corrected chi connectivity index (χ0v) is 7.18. The van der Waals surface area contributed by atoms with E-state index in [0.29, 0.717) is 0 Å². The zero-order chi connectivity index (χ0) is 6.53. The number of halogens is 1. The van der Waals surface area contributed by atoms with Crippen LogP contribution in [0, 0.1) is 5.92 Å². The van der Waals surface area contributed by atoms with Gasteiger partial charge in [-0.05, 0) is 24.5 Å². The molecule has 0 heterocycles. The van der Waals surface area contributed by atoms with Gasteiger partial charge in [-0.1, -0.05) is 12.8 Å². The first-order valence-corrected chi connectivity index (χ1v) is 5.26. The highest BCUT2D eigenvalue weighted by atomic mass is 35.5. The highest BCUT2D eigenvalue weighted by Crippen LogP contribution is 2.27.